The van der Waals surface area contributed by atoms with Crippen LogP contribution in [0.5, 0.6) is 0 Å². The third kappa shape index (κ3) is 3.51. The van der Waals surface area contributed by atoms with Gasteiger partial charge in [-0.2, -0.15) is 0 Å². The second-order valence-electron chi connectivity index (χ2n) is 4.30. The van der Waals surface area contributed by atoms with E-state index >= 15 is 0 Å². The maximum absolute atomic E-state index is 13.5. The molecule has 3 N–H and O–H groups in total. The first-order valence-electron chi connectivity index (χ1n) is 5.87. The quantitative estimate of drug-likeness (QED) is 0.601. The molecule has 6 heteroatoms. The average Bonchev–Trinajstić information content (AvgIpc) is 2.43. The molecule has 0 aliphatic heterocycles. The maximum atomic E-state index is 13.5. The Morgan fingerprint density at radius 2 is 2.00 bits per heavy atom. The van der Waals surface area contributed by atoms with Gasteiger partial charge in [0, 0.05) is 9.50 Å². The van der Waals surface area contributed by atoms with Crippen LogP contribution in [0.3, 0.4) is 0 Å². The smallest absolute Gasteiger partial charge is 0.142 e. The zero-order chi connectivity index (χ0) is 14.7. The predicted molar refractivity (Wildman–Crippen MR) is 84.3 cm³/mol. The fourth-order valence-corrected chi connectivity index (χ4v) is 2.87. The molecule has 0 spiro atoms. The first kappa shape index (κ1) is 15.7. The molecular weight excluding hydrogens is 366 g/mol. The molecule has 0 bridgehead atoms. The van der Waals surface area contributed by atoms with Crippen LogP contribution in [-0.2, 0) is 6.42 Å². The molecule has 2 nitrogen and oxygen atoms in total. The van der Waals surface area contributed by atoms with Gasteiger partial charge in [0.2, 0.25) is 0 Å². The van der Waals surface area contributed by atoms with Crippen molar-refractivity contribution in [3.63, 3.8) is 0 Å². The molecular formula is C14H12BrCl2FN2. The van der Waals surface area contributed by atoms with Crippen molar-refractivity contribution in [1.29, 1.82) is 0 Å². The van der Waals surface area contributed by atoms with Gasteiger partial charge < -0.3 is 0 Å². The van der Waals surface area contributed by atoms with Gasteiger partial charge in [0.15, 0.2) is 0 Å². The lowest BCUT2D eigenvalue weighted by Crippen LogP contribution is -2.30. The Balaban J connectivity index is 2.34. The van der Waals surface area contributed by atoms with Crippen molar-refractivity contribution in [2.45, 2.75) is 12.5 Å². The summed E-state index contributed by atoms with van der Waals surface area (Å²) >= 11 is 15.4. The van der Waals surface area contributed by atoms with Gasteiger partial charge in [-0.25, -0.2) is 4.39 Å². The van der Waals surface area contributed by atoms with Crippen molar-refractivity contribution in [1.82, 2.24) is 5.43 Å². The maximum Gasteiger partial charge on any atom is 0.142 e. The second-order valence-corrected chi connectivity index (χ2v) is 5.97. The summed E-state index contributed by atoms with van der Waals surface area (Å²) in [5.41, 5.74) is 4.28. The van der Waals surface area contributed by atoms with Gasteiger partial charge in [0.05, 0.1) is 11.1 Å². The van der Waals surface area contributed by atoms with E-state index in [2.05, 4.69) is 21.4 Å². The number of halogens is 4. The summed E-state index contributed by atoms with van der Waals surface area (Å²) in [4.78, 5) is 0. The van der Waals surface area contributed by atoms with Crippen LogP contribution in [0.1, 0.15) is 17.2 Å². The fourth-order valence-electron chi connectivity index (χ4n) is 1.97. The predicted octanol–water partition coefficient (Wildman–Crippen LogP) is 4.64. The largest absolute Gasteiger partial charge is 0.271 e. The molecule has 0 saturated carbocycles. The van der Waals surface area contributed by atoms with Crippen LogP contribution < -0.4 is 11.3 Å². The van der Waals surface area contributed by atoms with E-state index < -0.39 is 5.82 Å². The zero-order valence-corrected chi connectivity index (χ0v) is 13.4. The normalized spacial score (nSPS) is 12.4. The van der Waals surface area contributed by atoms with E-state index in [4.69, 9.17) is 29.0 Å². The lowest BCUT2D eigenvalue weighted by molar-refractivity contribution is 0.547. The first-order chi connectivity index (χ1) is 9.52. The van der Waals surface area contributed by atoms with Crippen LogP contribution in [0.4, 0.5) is 4.39 Å². The zero-order valence-electron chi connectivity index (χ0n) is 10.3. The molecule has 2 aromatic carbocycles. The molecule has 1 unspecified atom stereocenters. The lowest BCUT2D eigenvalue weighted by atomic mass is 9.99. The molecule has 106 valence electrons. The van der Waals surface area contributed by atoms with Gasteiger partial charge in [-0.3, -0.25) is 11.3 Å². The van der Waals surface area contributed by atoms with Crippen LogP contribution >= 0.6 is 39.1 Å². The molecule has 0 aliphatic rings. The lowest BCUT2D eigenvalue weighted by Gasteiger charge is -2.19. The van der Waals surface area contributed by atoms with E-state index in [0.717, 1.165) is 10.0 Å². The van der Waals surface area contributed by atoms with Gasteiger partial charge in [0.1, 0.15) is 5.82 Å². The fraction of sp³-hybridized carbons (Fsp3) is 0.143. The highest BCUT2D eigenvalue weighted by Crippen LogP contribution is 2.30. The Bertz CT molecular complexity index is 622. The summed E-state index contributed by atoms with van der Waals surface area (Å²) in [6, 6.07) is 9.91. The Kier molecular flexibility index (Phi) is 5.41. The van der Waals surface area contributed by atoms with Crippen molar-refractivity contribution in [2.75, 3.05) is 0 Å². The first-order valence-corrected chi connectivity index (χ1v) is 7.41. The number of rotatable bonds is 4. The SMILES string of the molecule is NNC(Cc1cccc(F)c1Cl)c1cc(Cl)ccc1Br. The van der Waals surface area contributed by atoms with E-state index in [1.165, 1.54) is 6.07 Å². The minimum Gasteiger partial charge on any atom is -0.271 e. The summed E-state index contributed by atoms with van der Waals surface area (Å²) in [5.74, 6) is 5.17. The van der Waals surface area contributed by atoms with E-state index in [1.54, 1.807) is 18.2 Å². The Morgan fingerprint density at radius 3 is 2.70 bits per heavy atom. The minimum atomic E-state index is -0.440. The number of benzene rings is 2. The summed E-state index contributed by atoms with van der Waals surface area (Å²) in [6.45, 7) is 0. The number of nitrogens with one attached hydrogen (secondary N) is 1. The molecule has 1 atom stereocenters. The Hall–Kier alpha value is -0.650. The summed E-state index contributed by atoms with van der Waals surface area (Å²) in [5, 5.41) is 0.722. The van der Waals surface area contributed by atoms with E-state index in [-0.39, 0.29) is 11.1 Å². The van der Waals surface area contributed by atoms with E-state index in [9.17, 15) is 4.39 Å². The van der Waals surface area contributed by atoms with Crippen LogP contribution in [0.25, 0.3) is 0 Å². The molecule has 0 aliphatic carbocycles. The number of hydrogen-bond donors (Lipinski definition) is 2. The summed E-state index contributed by atoms with van der Waals surface area (Å²) in [7, 11) is 0. The molecule has 0 heterocycles. The molecule has 2 aromatic rings. The molecule has 0 fully saturated rings. The molecule has 2 rings (SSSR count). The van der Waals surface area contributed by atoms with Crippen LogP contribution in [-0.4, -0.2) is 0 Å². The third-order valence-electron chi connectivity index (χ3n) is 2.99. The third-order valence-corrected chi connectivity index (χ3v) is 4.37. The van der Waals surface area contributed by atoms with E-state index in [1.807, 2.05) is 12.1 Å². The Labute approximate surface area is 135 Å². The monoisotopic (exact) mass is 376 g/mol. The van der Waals surface area contributed by atoms with E-state index in [0.29, 0.717) is 17.0 Å². The van der Waals surface area contributed by atoms with Gasteiger partial charge in [-0.1, -0.05) is 51.3 Å². The summed E-state index contributed by atoms with van der Waals surface area (Å²) < 4.78 is 14.3. The van der Waals surface area contributed by atoms with Gasteiger partial charge in [0.25, 0.3) is 0 Å². The highest BCUT2D eigenvalue weighted by atomic mass is 79.9. The standard InChI is InChI=1S/C14H12BrCl2FN2/c15-11-5-4-9(16)7-10(11)13(20-19)6-8-2-1-3-12(18)14(8)17/h1-5,7,13,20H,6,19H2. The molecule has 0 saturated heterocycles. The highest BCUT2D eigenvalue weighted by molar-refractivity contribution is 9.10. The number of nitrogens with two attached hydrogens (primary N) is 1. The minimum absolute atomic E-state index is 0.117. The average molecular weight is 378 g/mol. The number of hydrogen-bond acceptors (Lipinski definition) is 2. The Morgan fingerprint density at radius 1 is 1.25 bits per heavy atom. The van der Waals surface area contributed by atoms with Gasteiger partial charge in [-0.15, -0.1) is 0 Å². The molecule has 0 aromatic heterocycles. The van der Waals surface area contributed by atoms with Crippen LogP contribution in [0.2, 0.25) is 10.0 Å². The van der Waals surface area contributed by atoms with Gasteiger partial charge in [-0.05, 0) is 41.8 Å². The van der Waals surface area contributed by atoms with Crippen molar-refractivity contribution in [3.05, 3.63) is 67.9 Å². The molecule has 20 heavy (non-hydrogen) atoms. The van der Waals surface area contributed by atoms with Crippen molar-refractivity contribution < 1.29 is 4.39 Å². The highest BCUT2D eigenvalue weighted by Gasteiger charge is 2.17. The van der Waals surface area contributed by atoms with Crippen LogP contribution in [0, 0.1) is 5.82 Å². The second kappa shape index (κ2) is 6.87. The summed E-state index contributed by atoms with van der Waals surface area (Å²) in [6.07, 6.45) is 0.450. The molecule has 0 radical (unpaired) electrons. The topological polar surface area (TPSA) is 38.0 Å². The van der Waals surface area contributed by atoms with Gasteiger partial charge >= 0.3 is 0 Å². The number of hydrazine groups is 1. The molecule has 0 amide bonds. The van der Waals surface area contributed by atoms with Crippen molar-refractivity contribution in [3.8, 4) is 0 Å². The van der Waals surface area contributed by atoms with Crippen LogP contribution in [0.15, 0.2) is 40.9 Å². The van der Waals surface area contributed by atoms with Crippen molar-refractivity contribution >= 4 is 39.1 Å². The van der Waals surface area contributed by atoms with Crippen molar-refractivity contribution in [2.24, 2.45) is 5.84 Å².